The van der Waals surface area contributed by atoms with Gasteiger partial charge in [-0.3, -0.25) is 37.3 Å². The summed E-state index contributed by atoms with van der Waals surface area (Å²) in [7, 11) is -9.90. The SMILES string of the molecule is CCCCCCCCCCCCCCCCCCCC(=O)O[C@H](COC(=O)CCCCCCCCCCCCCCC)COP(=O)(O)OC[C@@H](O)COP(=O)(O)OC[C@@H](COC(=O)CCCCCCCCCCC)OC(=O)CCCCCCCCCCCCC. The minimum absolute atomic E-state index is 0.107. The van der Waals surface area contributed by atoms with E-state index in [-0.39, 0.29) is 25.7 Å². The standard InChI is InChI=1S/C71H138O17P2/c1-5-9-13-17-21-25-28-30-31-32-33-35-38-42-46-50-54-58-71(76)88-67(62-82-69(74)56-52-48-44-40-37-34-29-26-22-18-14-10-6-2)64-86-90(79,80)84-60-65(72)59-83-89(77,78)85-63-66(61-81-68(73)55-51-47-43-39-24-20-16-12-8-4)87-70(75)57-53-49-45-41-36-27-23-19-15-11-7-3/h65-67,72H,5-64H2,1-4H3,(H,77,78)(H,79,80)/t65-,66+,67+/m0/s1. The topological polar surface area (TPSA) is 237 Å². The minimum atomic E-state index is -4.95. The van der Waals surface area contributed by atoms with E-state index in [2.05, 4.69) is 27.7 Å². The van der Waals surface area contributed by atoms with Crippen LogP contribution in [0, 0.1) is 0 Å². The fourth-order valence-electron chi connectivity index (χ4n) is 10.9. The van der Waals surface area contributed by atoms with E-state index in [9.17, 15) is 43.2 Å². The maximum absolute atomic E-state index is 13.0. The van der Waals surface area contributed by atoms with Crippen LogP contribution in [0.5, 0.6) is 0 Å². The molecule has 0 rings (SSSR count). The number of rotatable bonds is 72. The van der Waals surface area contributed by atoms with Crippen molar-refractivity contribution in [3.63, 3.8) is 0 Å². The summed E-state index contributed by atoms with van der Waals surface area (Å²) < 4.78 is 68.3. The fourth-order valence-corrected chi connectivity index (χ4v) is 12.4. The van der Waals surface area contributed by atoms with Crippen LogP contribution in [-0.2, 0) is 65.4 Å². The number of phosphoric ester groups is 2. The second-order valence-electron chi connectivity index (χ2n) is 25.6. The molecule has 0 aliphatic rings. The van der Waals surface area contributed by atoms with Gasteiger partial charge in [0, 0.05) is 25.7 Å². The molecular weight excluding hydrogens is 1190 g/mol. The first-order chi connectivity index (χ1) is 43.7. The summed E-state index contributed by atoms with van der Waals surface area (Å²) >= 11 is 0. The Morgan fingerprint density at radius 3 is 0.656 bits per heavy atom. The molecule has 0 radical (unpaired) electrons. The van der Waals surface area contributed by atoms with Crippen LogP contribution in [0.1, 0.15) is 374 Å². The molecule has 0 heterocycles. The molecule has 2 unspecified atom stereocenters. The molecule has 0 aromatic carbocycles. The Bertz CT molecular complexity index is 1720. The summed E-state index contributed by atoms with van der Waals surface area (Å²) in [4.78, 5) is 72.5. The second-order valence-corrected chi connectivity index (χ2v) is 28.5. The summed E-state index contributed by atoms with van der Waals surface area (Å²) in [5.74, 6) is -2.12. The molecule has 534 valence electrons. The van der Waals surface area contributed by atoms with E-state index < -0.39 is 97.5 Å². The lowest BCUT2D eigenvalue weighted by molar-refractivity contribution is -0.161. The van der Waals surface area contributed by atoms with E-state index in [0.717, 1.165) is 89.9 Å². The van der Waals surface area contributed by atoms with E-state index in [4.69, 9.17) is 37.0 Å². The average molecular weight is 1330 g/mol. The maximum atomic E-state index is 13.0. The zero-order valence-corrected chi connectivity index (χ0v) is 59.9. The molecule has 5 atom stereocenters. The summed E-state index contributed by atoms with van der Waals surface area (Å²) in [6.45, 7) is 4.94. The Hall–Kier alpha value is -1.94. The van der Waals surface area contributed by atoms with Crippen molar-refractivity contribution in [2.45, 2.75) is 393 Å². The van der Waals surface area contributed by atoms with E-state index in [1.807, 2.05) is 0 Å². The Kier molecular flexibility index (Phi) is 64.3. The van der Waals surface area contributed by atoms with Crippen molar-refractivity contribution < 1.29 is 80.2 Å². The molecule has 0 aromatic heterocycles. The number of unbranched alkanes of at least 4 members (excludes halogenated alkanes) is 46. The van der Waals surface area contributed by atoms with Crippen LogP contribution in [0.2, 0.25) is 0 Å². The van der Waals surface area contributed by atoms with Gasteiger partial charge in [0.05, 0.1) is 26.4 Å². The van der Waals surface area contributed by atoms with E-state index >= 15 is 0 Å². The summed E-state index contributed by atoms with van der Waals surface area (Å²) in [5, 5.41) is 10.6. The normalized spacial score (nSPS) is 14.0. The summed E-state index contributed by atoms with van der Waals surface area (Å²) in [5.41, 5.74) is 0. The van der Waals surface area contributed by atoms with Crippen molar-refractivity contribution in [2.75, 3.05) is 39.6 Å². The third-order valence-corrected chi connectivity index (χ3v) is 18.5. The molecule has 0 bridgehead atoms. The van der Waals surface area contributed by atoms with Crippen molar-refractivity contribution in [2.24, 2.45) is 0 Å². The first-order valence-electron chi connectivity index (χ1n) is 37.3. The number of phosphoric acid groups is 2. The van der Waals surface area contributed by atoms with Gasteiger partial charge in [-0.2, -0.15) is 0 Å². The highest BCUT2D eigenvalue weighted by molar-refractivity contribution is 7.47. The lowest BCUT2D eigenvalue weighted by Crippen LogP contribution is -2.30. The lowest BCUT2D eigenvalue weighted by atomic mass is 10.0. The van der Waals surface area contributed by atoms with Crippen LogP contribution in [0.15, 0.2) is 0 Å². The second kappa shape index (κ2) is 65.7. The number of aliphatic hydroxyl groups is 1. The number of hydrogen-bond donors (Lipinski definition) is 3. The van der Waals surface area contributed by atoms with Crippen LogP contribution in [0.4, 0.5) is 0 Å². The van der Waals surface area contributed by atoms with Gasteiger partial charge in [-0.1, -0.05) is 323 Å². The zero-order valence-electron chi connectivity index (χ0n) is 58.1. The highest BCUT2D eigenvalue weighted by Gasteiger charge is 2.30. The number of esters is 4. The van der Waals surface area contributed by atoms with Crippen LogP contribution in [0.3, 0.4) is 0 Å². The highest BCUT2D eigenvalue weighted by Crippen LogP contribution is 2.45. The van der Waals surface area contributed by atoms with E-state index in [1.165, 1.54) is 205 Å². The van der Waals surface area contributed by atoms with Gasteiger partial charge in [0.25, 0.3) is 0 Å². The largest absolute Gasteiger partial charge is 0.472 e. The van der Waals surface area contributed by atoms with Gasteiger partial charge in [-0.15, -0.1) is 0 Å². The maximum Gasteiger partial charge on any atom is 0.472 e. The van der Waals surface area contributed by atoms with Crippen LogP contribution >= 0.6 is 15.6 Å². The zero-order chi connectivity index (χ0) is 66.1. The molecule has 0 aliphatic carbocycles. The van der Waals surface area contributed by atoms with Gasteiger partial charge in [0.2, 0.25) is 0 Å². The molecule has 0 saturated carbocycles. The van der Waals surface area contributed by atoms with E-state index in [1.54, 1.807) is 0 Å². The monoisotopic (exact) mass is 1320 g/mol. The highest BCUT2D eigenvalue weighted by atomic mass is 31.2. The Labute approximate surface area is 549 Å². The predicted molar refractivity (Wildman–Crippen MR) is 363 cm³/mol. The van der Waals surface area contributed by atoms with Crippen molar-refractivity contribution in [1.82, 2.24) is 0 Å². The molecule has 0 spiro atoms. The van der Waals surface area contributed by atoms with Crippen LogP contribution < -0.4 is 0 Å². The van der Waals surface area contributed by atoms with Crippen molar-refractivity contribution in [3.05, 3.63) is 0 Å². The fraction of sp³-hybridized carbons (Fsp3) is 0.944. The smallest absolute Gasteiger partial charge is 0.462 e. The van der Waals surface area contributed by atoms with Crippen molar-refractivity contribution >= 4 is 39.5 Å². The number of carbonyl (C=O) groups is 4. The first-order valence-corrected chi connectivity index (χ1v) is 40.3. The van der Waals surface area contributed by atoms with Gasteiger partial charge in [-0.25, -0.2) is 9.13 Å². The molecule has 0 aliphatic heterocycles. The first kappa shape index (κ1) is 88.1. The van der Waals surface area contributed by atoms with Gasteiger partial charge in [0.15, 0.2) is 12.2 Å². The van der Waals surface area contributed by atoms with E-state index in [0.29, 0.717) is 25.7 Å². The third kappa shape index (κ3) is 64.8. The van der Waals surface area contributed by atoms with Crippen molar-refractivity contribution in [3.8, 4) is 0 Å². The molecule has 90 heavy (non-hydrogen) atoms. The number of hydrogen-bond acceptors (Lipinski definition) is 15. The molecule has 17 nitrogen and oxygen atoms in total. The molecule has 0 fully saturated rings. The predicted octanol–water partition coefficient (Wildman–Crippen LogP) is 20.7. The molecule has 0 saturated heterocycles. The number of ether oxygens (including phenoxy) is 4. The van der Waals surface area contributed by atoms with Gasteiger partial charge >= 0.3 is 39.5 Å². The summed E-state index contributed by atoms with van der Waals surface area (Å²) in [6.07, 6.45) is 54.0. The van der Waals surface area contributed by atoms with Crippen molar-refractivity contribution in [1.29, 1.82) is 0 Å². The number of aliphatic hydroxyl groups excluding tert-OH is 1. The average Bonchev–Trinajstić information content (AvgIpc) is 3.74. The summed E-state index contributed by atoms with van der Waals surface area (Å²) in [6, 6.07) is 0. The van der Waals surface area contributed by atoms with Gasteiger partial charge in [-0.05, 0) is 25.7 Å². The molecule has 19 heteroatoms. The Balaban J connectivity index is 5.22. The molecule has 3 N–H and O–H groups in total. The Morgan fingerprint density at radius 2 is 0.444 bits per heavy atom. The quantitative estimate of drug-likeness (QED) is 0.0222. The minimum Gasteiger partial charge on any atom is -0.462 e. The molecule has 0 aromatic rings. The molecule has 0 amide bonds. The lowest BCUT2D eigenvalue weighted by Gasteiger charge is -2.21. The van der Waals surface area contributed by atoms with Gasteiger partial charge in [0.1, 0.15) is 19.3 Å². The van der Waals surface area contributed by atoms with Crippen LogP contribution in [-0.4, -0.2) is 96.7 Å². The van der Waals surface area contributed by atoms with Gasteiger partial charge < -0.3 is 33.8 Å². The number of carbonyl (C=O) groups excluding carboxylic acids is 4. The third-order valence-electron chi connectivity index (χ3n) is 16.6. The Morgan fingerprint density at radius 1 is 0.267 bits per heavy atom. The molecular formula is C71H138O17P2. The van der Waals surface area contributed by atoms with Crippen LogP contribution in [0.25, 0.3) is 0 Å².